The molecular weight excluding hydrogens is 521 g/mol. The number of allylic oxidation sites excluding steroid dienone is 4. The van der Waals surface area contributed by atoms with Crippen LogP contribution < -0.4 is 5.32 Å². The molecule has 1 saturated carbocycles. The van der Waals surface area contributed by atoms with Crippen molar-refractivity contribution in [3.05, 3.63) is 101 Å². The van der Waals surface area contributed by atoms with Gasteiger partial charge in [-0.3, -0.25) is 5.32 Å². The molecule has 3 N–H and O–H groups in total. The largest absolute Gasteiger partial charge is 0.655 e. The minimum Gasteiger partial charge on any atom is -0.655 e. The van der Waals surface area contributed by atoms with Crippen LogP contribution in [0.5, 0.6) is 0 Å². The van der Waals surface area contributed by atoms with Gasteiger partial charge in [0.15, 0.2) is 0 Å². The van der Waals surface area contributed by atoms with Crippen LogP contribution in [0.25, 0.3) is 5.32 Å². The van der Waals surface area contributed by atoms with Gasteiger partial charge in [0.1, 0.15) is 0 Å². The molecular formula is C31H45N2O2Y-. The number of benzene rings is 1. The summed E-state index contributed by atoms with van der Waals surface area (Å²) in [5, 5.41) is 27.3. The summed E-state index contributed by atoms with van der Waals surface area (Å²) in [6.45, 7) is 12.1. The van der Waals surface area contributed by atoms with Crippen LogP contribution in [0, 0.1) is 5.92 Å². The summed E-state index contributed by atoms with van der Waals surface area (Å²) in [5.41, 5.74) is 4.67. The Kier molecular flexibility index (Phi) is 17.4. The predicted octanol–water partition coefficient (Wildman–Crippen LogP) is 6.70. The van der Waals surface area contributed by atoms with E-state index in [0.717, 1.165) is 36.5 Å². The number of rotatable bonds is 10. The van der Waals surface area contributed by atoms with Crippen LogP contribution in [0.2, 0.25) is 0 Å². The van der Waals surface area contributed by atoms with E-state index in [1.165, 1.54) is 37.7 Å². The molecule has 1 radical (unpaired) electrons. The van der Waals surface area contributed by atoms with Crippen molar-refractivity contribution < 1.29 is 42.9 Å². The second-order valence-corrected chi connectivity index (χ2v) is 9.20. The Labute approximate surface area is 244 Å². The maximum absolute atomic E-state index is 10.5. The van der Waals surface area contributed by atoms with Crippen LogP contribution >= 0.6 is 0 Å². The van der Waals surface area contributed by atoms with Gasteiger partial charge < -0.3 is 15.5 Å². The second kappa shape index (κ2) is 19.0. The Bertz CT molecular complexity index is 871. The molecule has 1 aliphatic heterocycles. The first-order valence-electron chi connectivity index (χ1n) is 13.2. The van der Waals surface area contributed by atoms with Gasteiger partial charge >= 0.3 is 0 Å². The van der Waals surface area contributed by atoms with Crippen molar-refractivity contribution >= 4 is 0 Å². The van der Waals surface area contributed by atoms with Gasteiger partial charge in [-0.15, -0.1) is 12.6 Å². The van der Waals surface area contributed by atoms with Crippen molar-refractivity contribution in [3.63, 3.8) is 0 Å². The molecule has 5 heteroatoms. The molecule has 195 valence electrons. The summed E-state index contributed by atoms with van der Waals surface area (Å²) in [6, 6.07) is 9.04. The number of aliphatic hydroxyl groups excluding tert-OH is 2. The summed E-state index contributed by atoms with van der Waals surface area (Å²) < 4.78 is 0. The molecule has 0 aromatic heterocycles. The van der Waals surface area contributed by atoms with Crippen molar-refractivity contribution in [2.45, 2.75) is 77.0 Å². The van der Waals surface area contributed by atoms with E-state index >= 15 is 0 Å². The Morgan fingerprint density at radius 1 is 1.17 bits per heavy atom. The van der Waals surface area contributed by atoms with Crippen LogP contribution in [0.4, 0.5) is 0 Å². The molecule has 1 aromatic carbocycles. The molecule has 2 aliphatic rings. The van der Waals surface area contributed by atoms with E-state index in [1.807, 2.05) is 32.1 Å². The zero-order valence-electron chi connectivity index (χ0n) is 22.3. The molecule has 3 unspecified atom stereocenters. The number of nitrogens with zero attached hydrogens (tertiary/aromatic N) is 1. The van der Waals surface area contributed by atoms with Gasteiger partial charge in [0.25, 0.3) is 0 Å². The van der Waals surface area contributed by atoms with E-state index in [0.29, 0.717) is 6.04 Å². The zero-order chi connectivity index (χ0) is 25.5. The topological polar surface area (TPSA) is 66.6 Å². The van der Waals surface area contributed by atoms with Crippen molar-refractivity contribution in [2.24, 2.45) is 5.92 Å². The molecule has 1 fully saturated rings. The first-order valence-corrected chi connectivity index (χ1v) is 13.2. The molecule has 36 heavy (non-hydrogen) atoms. The number of hydrogen-bond donors (Lipinski definition) is 3. The molecule has 1 aromatic rings. The van der Waals surface area contributed by atoms with Gasteiger partial charge in [0, 0.05) is 32.7 Å². The first-order chi connectivity index (χ1) is 17.1. The Hall–Kier alpha value is -1.14. The fourth-order valence-corrected chi connectivity index (χ4v) is 5.18. The molecule has 1 heterocycles. The SMILES string of the molecule is C=C/C=C(\C=C)C(NCO)C(O)C(/C=C\C)=C/CC.[Y].c1ccc2c(c1)CC[N-]C2C1CCCCC1. The fourth-order valence-electron chi connectivity index (χ4n) is 5.18. The third-order valence-electron chi connectivity index (χ3n) is 6.85. The summed E-state index contributed by atoms with van der Waals surface area (Å²) in [5.74, 6) is 0.829. The van der Waals surface area contributed by atoms with E-state index in [4.69, 9.17) is 10.4 Å². The summed E-state index contributed by atoms with van der Waals surface area (Å²) in [7, 11) is 0. The average molecular weight is 567 g/mol. The molecule has 0 saturated heterocycles. The van der Waals surface area contributed by atoms with Crippen LogP contribution in [-0.2, 0) is 39.1 Å². The van der Waals surface area contributed by atoms with Crippen LogP contribution in [0.3, 0.4) is 0 Å². The molecule has 3 rings (SSSR count). The fraction of sp³-hybridized carbons (Fsp3) is 0.484. The Morgan fingerprint density at radius 3 is 2.50 bits per heavy atom. The van der Waals surface area contributed by atoms with Crippen molar-refractivity contribution in [1.82, 2.24) is 5.32 Å². The summed E-state index contributed by atoms with van der Waals surface area (Å²) in [6.07, 6.45) is 19.0. The van der Waals surface area contributed by atoms with Crippen LogP contribution in [0.1, 0.15) is 69.5 Å². The Balaban J connectivity index is 0.000000353. The maximum Gasteiger partial charge on any atom is 0.0982 e. The van der Waals surface area contributed by atoms with Gasteiger partial charge in [-0.1, -0.05) is 124 Å². The normalized spacial score (nSPS) is 20.4. The van der Waals surface area contributed by atoms with Crippen molar-refractivity contribution in [1.29, 1.82) is 0 Å². The second-order valence-electron chi connectivity index (χ2n) is 9.20. The standard InChI is InChI=1S/C16H25NO2.C15H20N.Y/c1-5-9-13(8-4)15(17-12-18)16(19)14(10-6-2)11-7-3;1-2-7-13(8-3-1)15-14-9-5-4-6-12(14)10-11-16-15;/h5-6,8-11,15-19H,1,4,7,12H2,2-3H3;4-6,9,13,15H,1-3,7-8,10-11H2;/q;-1;/b10-6-,13-9+,14-11+;;. The number of hydrogen-bond acceptors (Lipinski definition) is 3. The van der Waals surface area contributed by atoms with Crippen molar-refractivity contribution in [2.75, 3.05) is 13.3 Å². The summed E-state index contributed by atoms with van der Waals surface area (Å²) >= 11 is 0. The molecule has 0 bridgehead atoms. The van der Waals surface area contributed by atoms with Gasteiger partial charge in [-0.05, 0) is 36.5 Å². The van der Waals surface area contributed by atoms with Crippen LogP contribution in [-0.4, -0.2) is 35.6 Å². The average Bonchev–Trinajstić information content (AvgIpc) is 2.90. The third-order valence-corrected chi connectivity index (χ3v) is 6.85. The molecule has 1 aliphatic carbocycles. The molecule has 0 spiro atoms. The number of nitrogens with one attached hydrogen (secondary N) is 1. The minimum absolute atomic E-state index is 0. The predicted molar refractivity (Wildman–Crippen MR) is 149 cm³/mol. The zero-order valence-corrected chi connectivity index (χ0v) is 25.1. The van der Waals surface area contributed by atoms with E-state index in [2.05, 4.69) is 42.7 Å². The quantitative estimate of drug-likeness (QED) is 0.218. The van der Waals surface area contributed by atoms with Gasteiger partial charge in [0.05, 0.1) is 18.9 Å². The van der Waals surface area contributed by atoms with E-state index in [-0.39, 0.29) is 39.4 Å². The smallest absolute Gasteiger partial charge is 0.0982 e. The Morgan fingerprint density at radius 2 is 1.89 bits per heavy atom. The summed E-state index contributed by atoms with van der Waals surface area (Å²) in [4.78, 5) is 0. The third kappa shape index (κ3) is 9.97. The molecule has 4 nitrogen and oxygen atoms in total. The van der Waals surface area contributed by atoms with Gasteiger partial charge in [-0.25, -0.2) is 0 Å². The van der Waals surface area contributed by atoms with Gasteiger partial charge in [-0.2, -0.15) is 0 Å². The molecule has 3 atom stereocenters. The van der Waals surface area contributed by atoms with Crippen molar-refractivity contribution in [3.8, 4) is 0 Å². The number of fused-ring (bicyclic) bond motifs is 1. The number of aliphatic hydroxyl groups is 2. The van der Waals surface area contributed by atoms with E-state index in [1.54, 1.807) is 23.8 Å². The minimum atomic E-state index is -0.757. The monoisotopic (exact) mass is 566 g/mol. The molecule has 0 amide bonds. The first kappa shape index (κ1) is 32.9. The maximum atomic E-state index is 10.5. The van der Waals surface area contributed by atoms with E-state index in [9.17, 15) is 5.11 Å². The van der Waals surface area contributed by atoms with Crippen LogP contribution in [0.15, 0.2) is 85.0 Å². The van der Waals surface area contributed by atoms with Gasteiger partial charge in [0.2, 0.25) is 0 Å². The van der Waals surface area contributed by atoms with E-state index < -0.39 is 12.1 Å².